The molecule has 2 atom stereocenters. The number of nitrogens with zero attached hydrogens (tertiary/aromatic N) is 2. The molecule has 0 bridgehead atoms. The maximum Gasteiger partial charge on any atom is 0.237 e. The van der Waals surface area contributed by atoms with Crippen molar-refractivity contribution in [2.24, 2.45) is 5.92 Å². The van der Waals surface area contributed by atoms with E-state index in [4.69, 9.17) is 9.47 Å². The van der Waals surface area contributed by atoms with Crippen molar-refractivity contribution in [3.8, 4) is 0 Å². The number of anilines is 2. The molecule has 0 radical (unpaired) electrons. The van der Waals surface area contributed by atoms with Gasteiger partial charge in [0, 0.05) is 51.3 Å². The van der Waals surface area contributed by atoms with Crippen molar-refractivity contribution in [1.82, 2.24) is 10.2 Å². The predicted molar refractivity (Wildman–Crippen MR) is 129 cm³/mol. The lowest BCUT2D eigenvalue weighted by Crippen LogP contribution is -2.43. The van der Waals surface area contributed by atoms with Crippen molar-refractivity contribution in [2.45, 2.75) is 63.3 Å². The number of carbonyl (C=O) groups is 1. The van der Waals surface area contributed by atoms with Crippen LogP contribution in [0.3, 0.4) is 0 Å². The molecule has 0 spiro atoms. The van der Waals surface area contributed by atoms with Gasteiger partial charge < -0.3 is 19.7 Å². The smallest absolute Gasteiger partial charge is 0.237 e. The molecule has 1 aliphatic carbocycles. The molecule has 0 saturated heterocycles. The summed E-state index contributed by atoms with van der Waals surface area (Å²) in [5, 5.41) is 11.4. The third-order valence-electron chi connectivity index (χ3n) is 7.78. The molecule has 0 fully saturated rings. The van der Waals surface area contributed by atoms with Crippen molar-refractivity contribution >= 4 is 17.3 Å². The Hall–Kier alpha value is -2.38. The minimum Gasteiger partial charge on any atom is -0.385 e. The Morgan fingerprint density at radius 2 is 1.97 bits per heavy atom. The number of hydrogen-bond donors (Lipinski definition) is 2. The summed E-state index contributed by atoms with van der Waals surface area (Å²) in [6, 6.07) is 4.79. The SMILES string of the molecule is COCCC1(CCOC)C(=O)N(CC(C)C)c2cc3c(cc21)NC1c2[nH]ncc2CCCC31. The molecule has 2 unspecified atom stereocenters. The van der Waals surface area contributed by atoms with Crippen LogP contribution < -0.4 is 10.2 Å². The molecule has 1 aromatic heterocycles. The minimum absolute atomic E-state index is 0.192. The number of aromatic nitrogens is 2. The number of hydrogen-bond acceptors (Lipinski definition) is 5. The summed E-state index contributed by atoms with van der Waals surface area (Å²) in [5.41, 5.74) is 6.61. The lowest BCUT2D eigenvalue weighted by molar-refractivity contribution is -0.124. The van der Waals surface area contributed by atoms with Crippen molar-refractivity contribution in [3.05, 3.63) is 40.7 Å². The fourth-order valence-electron chi connectivity index (χ4n) is 6.18. The monoisotopic (exact) mass is 452 g/mol. The first kappa shape index (κ1) is 22.4. The van der Waals surface area contributed by atoms with Crippen LogP contribution in [0.25, 0.3) is 0 Å². The maximum absolute atomic E-state index is 14.0. The topological polar surface area (TPSA) is 79.5 Å². The van der Waals surface area contributed by atoms with Crippen LogP contribution in [0.5, 0.6) is 0 Å². The highest BCUT2D eigenvalue weighted by atomic mass is 16.5. The second kappa shape index (κ2) is 8.76. The van der Waals surface area contributed by atoms with Gasteiger partial charge in [0.25, 0.3) is 0 Å². The Balaban J connectivity index is 1.62. The number of benzene rings is 1. The molecule has 7 nitrogen and oxygen atoms in total. The standard InChI is InChI=1S/C26H36N4O3/c1-16(2)15-30-22-12-19-18-7-5-6-17-14-27-29-23(17)24(18)28-21(19)13-20(22)26(25(30)31,8-10-32-3)9-11-33-4/h12-14,16,18,24,28H,5-11,15H2,1-4H3,(H,27,29). The summed E-state index contributed by atoms with van der Waals surface area (Å²) in [4.78, 5) is 16.0. The van der Waals surface area contributed by atoms with Gasteiger partial charge in [-0.15, -0.1) is 0 Å². The predicted octanol–water partition coefficient (Wildman–Crippen LogP) is 4.31. The molecule has 5 rings (SSSR count). The van der Waals surface area contributed by atoms with Crippen LogP contribution in [-0.4, -0.2) is 50.1 Å². The van der Waals surface area contributed by atoms with Gasteiger partial charge in [-0.3, -0.25) is 9.89 Å². The van der Waals surface area contributed by atoms with E-state index in [9.17, 15) is 4.79 Å². The van der Waals surface area contributed by atoms with Crippen LogP contribution in [0.15, 0.2) is 18.3 Å². The van der Waals surface area contributed by atoms with E-state index >= 15 is 0 Å². The summed E-state index contributed by atoms with van der Waals surface area (Å²) < 4.78 is 10.9. The average molecular weight is 453 g/mol. The molecular weight excluding hydrogens is 416 g/mol. The molecule has 2 N–H and O–H groups in total. The van der Waals surface area contributed by atoms with Gasteiger partial charge in [0.1, 0.15) is 0 Å². The molecule has 7 heteroatoms. The normalized spacial score (nSPS) is 22.6. The fraction of sp³-hybridized carbons (Fsp3) is 0.615. The first-order valence-electron chi connectivity index (χ1n) is 12.3. The molecule has 0 saturated carbocycles. The molecule has 1 amide bonds. The zero-order valence-electron chi connectivity index (χ0n) is 20.2. The number of aryl methyl sites for hydroxylation is 1. The number of carbonyl (C=O) groups excluding carboxylic acids is 1. The second-order valence-corrected chi connectivity index (χ2v) is 10.3. The zero-order valence-corrected chi connectivity index (χ0v) is 20.2. The van der Waals surface area contributed by atoms with E-state index in [0.29, 0.717) is 37.9 Å². The highest BCUT2D eigenvalue weighted by Gasteiger charge is 2.51. The third kappa shape index (κ3) is 3.56. The summed E-state index contributed by atoms with van der Waals surface area (Å²) in [5.74, 6) is 0.959. The van der Waals surface area contributed by atoms with Gasteiger partial charge in [0.2, 0.25) is 5.91 Å². The number of fused-ring (bicyclic) bond motifs is 6. The molecule has 2 aromatic rings. The van der Waals surface area contributed by atoms with Crippen LogP contribution in [0.2, 0.25) is 0 Å². The van der Waals surface area contributed by atoms with E-state index < -0.39 is 5.41 Å². The van der Waals surface area contributed by atoms with E-state index in [0.717, 1.165) is 42.7 Å². The molecule has 1 aromatic carbocycles. The van der Waals surface area contributed by atoms with Gasteiger partial charge in [-0.25, -0.2) is 0 Å². The second-order valence-electron chi connectivity index (χ2n) is 10.3. The number of aromatic amines is 1. The zero-order chi connectivity index (χ0) is 23.2. The van der Waals surface area contributed by atoms with Gasteiger partial charge in [-0.05, 0) is 66.8 Å². The van der Waals surface area contributed by atoms with Gasteiger partial charge in [0.05, 0.1) is 23.3 Å². The third-order valence-corrected chi connectivity index (χ3v) is 7.78. The van der Waals surface area contributed by atoms with Gasteiger partial charge in [-0.2, -0.15) is 5.10 Å². The van der Waals surface area contributed by atoms with Gasteiger partial charge in [-0.1, -0.05) is 13.8 Å². The summed E-state index contributed by atoms with van der Waals surface area (Å²) >= 11 is 0. The summed E-state index contributed by atoms with van der Waals surface area (Å²) in [6.07, 6.45) is 6.63. The first-order valence-corrected chi connectivity index (χ1v) is 12.3. The number of amides is 1. The lowest BCUT2D eigenvalue weighted by Gasteiger charge is -2.29. The van der Waals surface area contributed by atoms with Crippen LogP contribution in [0.4, 0.5) is 11.4 Å². The van der Waals surface area contributed by atoms with Crippen LogP contribution in [0.1, 0.15) is 73.9 Å². The molecule has 3 aliphatic rings. The average Bonchev–Trinajstić information content (AvgIpc) is 3.42. The van der Waals surface area contributed by atoms with Gasteiger partial charge in [0.15, 0.2) is 0 Å². The molecule has 3 heterocycles. The highest BCUT2D eigenvalue weighted by Crippen LogP contribution is 2.55. The highest BCUT2D eigenvalue weighted by molar-refractivity contribution is 6.09. The van der Waals surface area contributed by atoms with Crippen molar-refractivity contribution in [2.75, 3.05) is 44.2 Å². The van der Waals surface area contributed by atoms with Crippen molar-refractivity contribution in [3.63, 3.8) is 0 Å². The van der Waals surface area contributed by atoms with Crippen LogP contribution in [-0.2, 0) is 26.1 Å². The Labute approximate surface area is 196 Å². The number of H-pyrrole nitrogens is 1. The van der Waals surface area contributed by atoms with Gasteiger partial charge >= 0.3 is 0 Å². The Morgan fingerprint density at radius 3 is 2.67 bits per heavy atom. The minimum atomic E-state index is -0.614. The maximum atomic E-state index is 14.0. The van der Waals surface area contributed by atoms with Crippen molar-refractivity contribution < 1.29 is 14.3 Å². The largest absolute Gasteiger partial charge is 0.385 e. The van der Waals surface area contributed by atoms with E-state index in [1.165, 1.54) is 16.8 Å². The molecule has 2 aliphatic heterocycles. The molecule has 178 valence electrons. The van der Waals surface area contributed by atoms with Crippen LogP contribution >= 0.6 is 0 Å². The first-order chi connectivity index (χ1) is 16.0. The van der Waals surface area contributed by atoms with E-state index in [1.54, 1.807) is 14.2 Å². The molecular formula is C26H36N4O3. The molecule has 33 heavy (non-hydrogen) atoms. The van der Waals surface area contributed by atoms with Crippen LogP contribution in [0, 0.1) is 5.92 Å². The quantitative estimate of drug-likeness (QED) is 0.624. The number of rotatable bonds is 8. The van der Waals surface area contributed by atoms with E-state index in [2.05, 4.69) is 41.5 Å². The lowest BCUT2D eigenvalue weighted by atomic mass is 9.75. The Bertz CT molecular complexity index is 1020. The fourth-order valence-corrected chi connectivity index (χ4v) is 6.18. The van der Waals surface area contributed by atoms with E-state index in [1.807, 2.05) is 11.1 Å². The Morgan fingerprint density at radius 1 is 1.21 bits per heavy atom. The summed E-state index contributed by atoms with van der Waals surface area (Å²) in [7, 11) is 3.41. The number of methoxy groups -OCH3 is 2. The van der Waals surface area contributed by atoms with E-state index in [-0.39, 0.29) is 11.9 Å². The Kier molecular flexibility index (Phi) is 5.95. The van der Waals surface area contributed by atoms with Crippen molar-refractivity contribution in [1.29, 1.82) is 0 Å². The number of nitrogens with one attached hydrogen (secondary N) is 2. The number of ether oxygens (including phenoxy) is 2. The summed E-state index contributed by atoms with van der Waals surface area (Å²) in [6.45, 7) is 6.15.